The molecule has 2 atom stereocenters. The smallest absolute Gasteiger partial charge is 0.407 e. The zero-order valence-corrected chi connectivity index (χ0v) is 17.5. The summed E-state index contributed by atoms with van der Waals surface area (Å²) in [6.45, 7) is 3.60. The molecule has 1 aliphatic heterocycles. The number of fused-ring (bicyclic) bond motifs is 3. The number of hydrogen-bond donors (Lipinski definition) is 1. The molecule has 0 bridgehead atoms. The molecule has 2 aromatic carbocycles. The van der Waals surface area contributed by atoms with Gasteiger partial charge in [0.15, 0.2) is 0 Å². The van der Waals surface area contributed by atoms with Crippen molar-refractivity contribution in [2.24, 2.45) is 0 Å². The fourth-order valence-corrected chi connectivity index (χ4v) is 4.58. The highest BCUT2D eigenvalue weighted by molar-refractivity contribution is 6.19. The van der Waals surface area contributed by atoms with E-state index in [0.29, 0.717) is 26.1 Å². The Hall–Kier alpha value is -2.80. The lowest BCUT2D eigenvalue weighted by atomic mass is 9.98. The van der Waals surface area contributed by atoms with Crippen molar-refractivity contribution in [3.8, 4) is 11.1 Å². The van der Waals surface area contributed by atoms with Gasteiger partial charge in [-0.25, -0.2) is 4.79 Å². The maximum atomic E-state index is 12.6. The van der Waals surface area contributed by atoms with Crippen molar-refractivity contribution >= 4 is 19.8 Å². The number of carbonyl (C=O) groups is 2. The Kier molecular flexibility index (Phi) is 6.09. The fourth-order valence-electron chi connectivity index (χ4n) is 4.58. The van der Waals surface area contributed by atoms with Crippen molar-refractivity contribution < 1.29 is 19.1 Å². The summed E-state index contributed by atoms with van der Waals surface area (Å²) in [5, 5.41) is 2.91. The average Bonchev–Trinajstić information content (AvgIpc) is 3.35. The third-order valence-electron chi connectivity index (χ3n) is 6.06. The molecule has 7 heteroatoms. The molecule has 30 heavy (non-hydrogen) atoms. The van der Waals surface area contributed by atoms with Crippen LogP contribution in [-0.4, -0.2) is 63.2 Å². The minimum Gasteiger partial charge on any atom is -0.449 e. The lowest BCUT2D eigenvalue weighted by Gasteiger charge is -2.31. The molecule has 0 saturated carbocycles. The van der Waals surface area contributed by atoms with Gasteiger partial charge in [0.25, 0.3) is 0 Å². The second-order valence-corrected chi connectivity index (χ2v) is 7.71. The highest BCUT2D eigenvalue weighted by Gasteiger charge is 2.36. The Labute approximate surface area is 178 Å². The number of likely N-dealkylation sites (N-methyl/N-ethyl adjacent to an activating group) is 1. The van der Waals surface area contributed by atoms with Gasteiger partial charge in [0.2, 0.25) is 5.91 Å². The maximum Gasteiger partial charge on any atom is 0.407 e. The Bertz CT molecular complexity index is 889. The van der Waals surface area contributed by atoms with E-state index >= 15 is 0 Å². The van der Waals surface area contributed by atoms with Gasteiger partial charge in [-0.15, -0.1) is 0 Å². The van der Waals surface area contributed by atoms with Crippen LogP contribution in [-0.2, 0) is 14.3 Å². The zero-order chi connectivity index (χ0) is 21.1. The van der Waals surface area contributed by atoms with E-state index in [9.17, 15) is 9.59 Å². The quantitative estimate of drug-likeness (QED) is 0.747. The van der Waals surface area contributed by atoms with Crippen LogP contribution in [0, 0.1) is 0 Å². The van der Waals surface area contributed by atoms with E-state index in [4.69, 9.17) is 9.47 Å². The number of ether oxygens (including phenoxy) is 2. The summed E-state index contributed by atoms with van der Waals surface area (Å²) in [5.74, 6) is 0.0833. The number of nitrogens with zero attached hydrogens (tertiary/aromatic N) is 1. The largest absolute Gasteiger partial charge is 0.449 e. The highest BCUT2D eigenvalue weighted by Crippen LogP contribution is 2.44. The van der Waals surface area contributed by atoms with Crippen molar-refractivity contribution in [2.45, 2.75) is 31.2 Å². The second-order valence-electron chi connectivity index (χ2n) is 7.71. The summed E-state index contributed by atoms with van der Waals surface area (Å²) in [6.07, 6.45) is -0.0421. The van der Waals surface area contributed by atoms with E-state index in [2.05, 4.69) is 29.6 Å². The lowest BCUT2D eigenvalue weighted by molar-refractivity contribution is -0.131. The fraction of sp³-hybridized carbons (Fsp3) is 0.391. The maximum absolute atomic E-state index is 12.6. The number of benzene rings is 2. The molecule has 156 valence electrons. The van der Waals surface area contributed by atoms with Crippen molar-refractivity contribution in [3.05, 3.63) is 59.7 Å². The molecule has 4 rings (SSSR count). The molecule has 1 aliphatic carbocycles. The van der Waals surface area contributed by atoms with Gasteiger partial charge < -0.3 is 19.7 Å². The molecule has 0 spiro atoms. The number of rotatable bonds is 6. The summed E-state index contributed by atoms with van der Waals surface area (Å²) < 4.78 is 11.2. The molecule has 2 aliphatic rings. The first-order valence-electron chi connectivity index (χ1n) is 10.6. The first kappa shape index (κ1) is 20.5. The zero-order valence-electron chi connectivity index (χ0n) is 17.5. The molecule has 2 aromatic rings. The van der Waals surface area contributed by atoms with Crippen molar-refractivity contribution in [3.63, 3.8) is 0 Å². The van der Waals surface area contributed by atoms with Crippen LogP contribution in [0.5, 0.6) is 0 Å². The first-order valence-corrected chi connectivity index (χ1v) is 10.6. The molecule has 0 aromatic heterocycles. The SMILES string of the molecule is BCC(=O)N(CC)[C@H]1COC[C@@H]1NC(=O)OCC1c2ccccc2-c2ccccc21. The summed E-state index contributed by atoms with van der Waals surface area (Å²) >= 11 is 0. The number of hydrogen-bond acceptors (Lipinski definition) is 4. The van der Waals surface area contributed by atoms with Crippen molar-refractivity contribution in [1.82, 2.24) is 10.2 Å². The van der Waals surface area contributed by atoms with Gasteiger partial charge in [-0.05, 0) is 35.5 Å². The van der Waals surface area contributed by atoms with E-state index in [1.807, 2.05) is 39.0 Å². The molecule has 2 amide bonds. The molecule has 1 heterocycles. The van der Waals surface area contributed by atoms with Crippen molar-refractivity contribution in [1.29, 1.82) is 0 Å². The summed E-state index contributed by atoms with van der Waals surface area (Å²) in [7, 11) is 1.84. The van der Waals surface area contributed by atoms with Gasteiger partial charge in [0, 0.05) is 12.5 Å². The molecular formula is C23H27BN2O4. The van der Waals surface area contributed by atoms with Crippen LogP contribution >= 0.6 is 0 Å². The van der Waals surface area contributed by atoms with Crippen LogP contribution in [0.2, 0.25) is 6.32 Å². The molecular weight excluding hydrogens is 379 g/mol. The van der Waals surface area contributed by atoms with Gasteiger partial charge in [-0.3, -0.25) is 4.79 Å². The number of alkyl carbamates (subject to hydrolysis) is 1. The van der Waals surface area contributed by atoms with Gasteiger partial charge >= 0.3 is 6.09 Å². The first-order chi connectivity index (χ1) is 14.6. The highest BCUT2D eigenvalue weighted by atomic mass is 16.5. The predicted octanol–water partition coefficient (Wildman–Crippen LogP) is 2.19. The third-order valence-corrected chi connectivity index (χ3v) is 6.06. The minimum absolute atomic E-state index is 0.0209. The Morgan fingerprint density at radius 3 is 2.33 bits per heavy atom. The number of nitrogens with one attached hydrogen (secondary N) is 1. The van der Waals surface area contributed by atoms with E-state index in [1.54, 1.807) is 4.90 Å². The summed E-state index contributed by atoms with van der Waals surface area (Å²) in [6, 6.07) is 16.1. The topological polar surface area (TPSA) is 67.9 Å². The Balaban J connectivity index is 1.41. The average molecular weight is 406 g/mol. The number of amides is 2. The van der Waals surface area contributed by atoms with Gasteiger partial charge in [-0.2, -0.15) is 0 Å². The monoisotopic (exact) mass is 406 g/mol. The van der Waals surface area contributed by atoms with Crippen LogP contribution in [0.1, 0.15) is 24.0 Å². The minimum atomic E-state index is -0.475. The molecule has 6 nitrogen and oxygen atoms in total. The van der Waals surface area contributed by atoms with Crippen LogP contribution in [0.4, 0.5) is 4.79 Å². The third kappa shape index (κ3) is 3.82. The Morgan fingerprint density at radius 2 is 1.73 bits per heavy atom. The lowest BCUT2D eigenvalue weighted by Crippen LogP contribution is -2.53. The predicted molar refractivity (Wildman–Crippen MR) is 117 cm³/mol. The number of carbonyl (C=O) groups excluding carboxylic acids is 2. The molecule has 1 N–H and O–H groups in total. The standard InChI is InChI=1S/C23H27BN2O4/c1-2-26(22(27)11-24)21-14-29-13-20(21)25-23(28)30-12-19-17-9-5-3-7-15(17)16-8-4-6-10-18(16)19/h3-10,19-21H,2,11-14,24H2,1H3,(H,25,28)/t20-,21-/m0/s1. The molecule has 0 radical (unpaired) electrons. The summed E-state index contributed by atoms with van der Waals surface area (Å²) in [5.41, 5.74) is 4.75. The van der Waals surface area contributed by atoms with E-state index in [-0.39, 0.29) is 30.5 Å². The van der Waals surface area contributed by atoms with E-state index in [1.165, 1.54) is 22.3 Å². The van der Waals surface area contributed by atoms with Crippen molar-refractivity contribution in [2.75, 3.05) is 26.4 Å². The van der Waals surface area contributed by atoms with Gasteiger partial charge in [0.1, 0.15) is 14.5 Å². The molecule has 0 unspecified atom stereocenters. The van der Waals surface area contributed by atoms with Crippen LogP contribution in [0.25, 0.3) is 11.1 Å². The summed E-state index contributed by atoms with van der Waals surface area (Å²) in [4.78, 5) is 26.6. The van der Waals surface area contributed by atoms with Crippen LogP contribution in [0.15, 0.2) is 48.5 Å². The van der Waals surface area contributed by atoms with Gasteiger partial charge in [-0.1, -0.05) is 48.5 Å². The second kappa shape index (κ2) is 8.92. The van der Waals surface area contributed by atoms with E-state index in [0.717, 1.165) is 0 Å². The molecule has 1 saturated heterocycles. The normalized spacial score (nSPS) is 19.8. The van der Waals surface area contributed by atoms with Gasteiger partial charge in [0.05, 0.1) is 25.3 Å². The van der Waals surface area contributed by atoms with E-state index < -0.39 is 6.09 Å². The van der Waals surface area contributed by atoms with Crippen LogP contribution < -0.4 is 5.32 Å². The molecule has 1 fully saturated rings. The Morgan fingerprint density at radius 1 is 1.10 bits per heavy atom. The van der Waals surface area contributed by atoms with Crippen LogP contribution in [0.3, 0.4) is 0 Å².